The van der Waals surface area contributed by atoms with Crippen molar-refractivity contribution in [3.05, 3.63) is 0 Å². The van der Waals surface area contributed by atoms with Crippen molar-refractivity contribution in [2.24, 2.45) is 4.99 Å². The Labute approximate surface area is 48.1 Å². The zero-order chi connectivity index (χ0) is 5.70. The summed E-state index contributed by atoms with van der Waals surface area (Å²) in [6.07, 6.45) is 0. The highest BCUT2D eigenvalue weighted by Crippen LogP contribution is 1.88. The Bertz CT molecular complexity index is 87.7. The van der Waals surface area contributed by atoms with Crippen LogP contribution in [0.5, 0.6) is 0 Å². The van der Waals surface area contributed by atoms with E-state index < -0.39 is 0 Å². The topological polar surface area (TPSA) is 15.4 Å². The molecule has 0 aromatic rings. The third-order valence-corrected chi connectivity index (χ3v) is 0.997. The van der Waals surface area contributed by atoms with E-state index in [0.29, 0.717) is 0 Å². The molecule has 0 unspecified atom stereocenters. The molecule has 0 rings (SSSR count). The zero-order valence-corrected chi connectivity index (χ0v) is 5.40. The largest absolute Gasteiger partial charge is 0.283 e. The maximum Gasteiger partial charge on any atom is 0.207 e. The van der Waals surface area contributed by atoms with Gasteiger partial charge in [0.05, 0.1) is 0 Å². The lowest BCUT2D eigenvalue weighted by Crippen LogP contribution is -1.85. The fraction of sp³-hybridized carbons (Fsp3) is 0.500. The molecule has 0 aliphatic rings. The van der Waals surface area contributed by atoms with Crippen LogP contribution in [0.2, 0.25) is 0 Å². The lowest BCUT2D eigenvalue weighted by Gasteiger charge is -1.77. The van der Waals surface area contributed by atoms with E-state index in [1.807, 2.05) is 7.05 Å². The smallest absolute Gasteiger partial charge is 0.207 e. The molecule has 0 spiro atoms. The third kappa shape index (κ3) is 5.69. The second kappa shape index (κ2) is 3.87. The molecule has 7 heavy (non-hydrogen) atoms. The summed E-state index contributed by atoms with van der Waals surface area (Å²) in [4.78, 5) is 3.73. The molecule has 0 N–H and O–H groups in total. The third-order valence-electron chi connectivity index (χ3n) is 0.332. The van der Waals surface area contributed by atoms with Gasteiger partial charge in [-0.2, -0.15) is 3.98 Å². The number of rotatable bonds is 2. The lowest BCUT2D eigenvalue weighted by atomic mass is 11.4. The normalized spacial score (nSPS) is 10.0. The molecular weight excluding hydrogens is 108 g/mol. The van der Waals surface area contributed by atoms with Crippen molar-refractivity contribution in [2.45, 2.75) is 0 Å². The Kier molecular flexibility index (Phi) is 3.69. The van der Waals surface area contributed by atoms with E-state index in [2.05, 4.69) is 11.7 Å². The summed E-state index contributed by atoms with van der Waals surface area (Å²) in [5, 5.41) is 0. The predicted octanol–water partition coefficient (Wildman–Crippen LogP) is 0.636. The van der Waals surface area contributed by atoms with E-state index >= 15 is 0 Å². The van der Waals surface area contributed by atoms with Gasteiger partial charge in [0.1, 0.15) is 19.3 Å². The Hall–Kier alpha value is -0.310. The van der Waals surface area contributed by atoms with Gasteiger partial charge in [-0.25, -0.2) is 0 Å². The van der Waals surface area contributed by atoms with Crippen LogP contribution in [0.3, 0.4) is 0 Å². The molecule has 0 aromatic heterocycles. The average molecular weight is 117 g/mol. The minimum Gasteiger partial charge on any atom is -0.283 e. The molecule has 0 aliphatic heterocycles. The highest BCUT2D eigenvalue weighted by atomic mass is 32.2. The predicted molar refractivity (Wildman–Crippen MR) is 35.3 cm³/mol. The molecule has 0 radical (unpaired) electrons. The van der Waals surface area contributed by atoms with Crippen LogP contribution in [-0.2, 0) is 0 Å². The van der Waals surface area contributed by atoms with Gasteiger partial charge in [0.2, 0.25) is 11.9 Å². The molecule has 40 valence electrons. The first-order valence-corrected chi connectivity index (χ1v) is 2.72. The quantitative estimate of drug-likeness (QED) is 0.224. The first-order chi connectivity index (χ1) is 3.27. The summed E-state index contributed by atoms with van der Waals surface area (Å²) >= 11 is 1.46. The summed E-state index contributed by atoms with van der Waals surface area (Å²) in [5.41, 5.74) is 1.73. The zero-order valence-electron chi connectivity index (χ0n) is 4.59. The molecule has 0 fully saturated rings. The maximum absolute atomic E-state index is 3.73. The Morgan fingerprint density at radius 1 is 1.86 bits per heavy atom. The molecule has 0 bridgehead atoms. The molecule has 0 saturated carbocycles. The summed E-state index contributed by atoms with van der Waals surface area (Å²) in [6, 6.07) is 0. The Morgan fingerprint density at radius 3 is 2.57 bits per heavy atom. The van der Waals surface area contributed by atoms with Crippen LogP contribution >= 0.6 is 11.9 Å². The lowest BCUT2D eigenvalue weighted by molar-refractivity contribution is -0.292. The van der Waals surface area contributed by atoms with Crippen LogP contribution in [0.4, 0.5) is 0 Å². The Balaban J connectivity index is 3.14. The van der Waals surface area contributed by atoms with E-state index in [1.54, 1.807) is 16.6 Å². The average Bonchev–Trinajstić information content (AvgIpc) is 1.61. The maximum atomic E-state index is 3.73. The monoisotopic (exact) mass is 117 g/mol. The van der Waals surface area contributed by atoms with Gasteiger partial charge < -0.3 is 0 Å². The molecule has 0 saturated heterocycles. The molecule has 0 atom stereocenters. The molecule has 0 heterocycles. The van der Waals surface area contributed by atoms with Crippen molar-refractivity contribution < 1.29 is 3.98 Å². The summed E-state index contributed by atoms with van der Waals surface area (Å²) < 4.78 is 1.73. The van der Waals surface area contributed by atoms with Crippen molar-refractivity contribution in [3.8, 4) is 0 Å². The number of hydrogen-bond donors (Lipinski definition) is 0. The van der Waals surface area contributed by atoms with Crippen molar-refractivity contribution in [1.82, 2.24) is 0 Å². The fourth-order valence-corrected chi connectivity index (χ4v) is 0.383. The number of aliphatic imine (C=N–C) groups is 1. The van der Waals surface area contributed by atoms with Gasteiger partial charge in [-0.1, -0.05) is 0 Å². The van der Waals surface area contributed by atoms with E-state index in [4.69, 9.17) is 0 Å². The molecule has 0 aromatic carbocycles. The van der Waals surface area contributed by atoms with Gasteiger partial charge >= 0.3 is 0 Å². The first-order valence-electron chi connectivity index (χ1n) is 1.89. The minimum atomic E-state index is 1.46. The molecular formula is C4H9N2S+. The highest BCUT2D eigenvalue weighted by Gasteiger charge is 1.83. The summed E-state index contributed by atoms with van der Waals surface area (Å²) in [7, 11) is 3.60. The summed E-state index contributed by atoms with van der Waals surface area (Å²) in [5.74, 6) is 0. The van der Waals surface area contributed by atoms with E-state index in [0.717, 1.165) is 0 Å². The van der Waals surface area contributed by atoms with Gasteiger partial charge in [0.25, 0.3) is 0 Å². The second-order valence-corrected chi connectivity index (χ2v) is 2.14. The van der Waals surface area contributed by atoms with Crippen LogP contribution in [-0.4, -0.2) is 30.3 Å². The number of hydrogen-bond acceptors (Lipinski definition) is 2. The van der Waals surface area contributed by atoms with Gasteiger partial charge in [-0.15, -0.1) is 0 Å². The standard InChI is InChI=1S/C4H9N2S/c1-5-4-7-6(2)3/h4H,2H2,1,3H3/q+1. The van der Waals surface area contributed by atoms with Gasteiger partial charge in [0, 0.05) is 7.05 Å². The SMILES string of the molecule is C=[N+](C)SC=NC. The van der Waals surface area contributed by atoms with Gasteiger partial charge in [-0.05, 0) is 0 Å². The van der Waals surface area contributed by atoms with E-state index in [9.17, 15) is 0 Å². The Morgan fingerprint density at radius 2 is 2.43 bits per heavy atom. The minimum absolute atomic E-state index is 1.46. The highest BCUT2D eigenvalue weighted by molar-refractivity contribution is 8.06. The number of nitrogens with zero attached hydrogens (tertiary/aromatic N) is 2. The van der Waals surface area contributed by atoms with Crippen LogP contribution in [0.1, 0.15) is 0 Å². The van der Waals surface area contributed by atoms with Crippen LogP contribution < -0.4 is 0 Å². The van der Waals surface area contributed by atoms with Gasteiger partial charge in [0.15, 0.2) is 0 Å². The van der Waals surface area contributed by atoms with Crippen LogP contribution in [0.25, 0.3) is 0 Å². The van der Waals surface area contributed by atoms with Crippen molar-refractivity contribution in [2.75, 3.05) is 14.1 Å². The van der Waals surface area contributed by atoms with Crippen LogP contribution in [0.15, 0.2) is 4.99 Å². The first kappa shape index (κ1) is 6.69. The van der Waals surface area contributed by atoms with Crippen molar-refractivity contribution in [3.63, 3.8) is 0 Å². The summed E-state index contributed by atoms with van der Waals surface area (Å²) in [6.45, 7) is 3.58. The molecule has 2 nitrogen and oxygen atoms in total. The van der Waals surface area contributed by atoms with Crippen molar-refractivity contribution >= 4 is 24.2 Å². The fourth-order valence-electron chi connectivity index (χ4n) is 0.128. The molecule has 0 amide bonds. The van der Waals surface area contributed by atoms with Crippen molar-refractivity contribution in [1.29, 1.82) is 0 Å². The van der Waals surface area contributed by atoms with Crippen LogP contribution in [0, 0.1) is 0 Å². The van der Waals surface area contributed by atoms with E-state index in [1.165, 1.54) is 11.9 Å². The molecule has 0 aliphatic carbocycles. The van der Waals surface area contributed by atoms with E-state index in [-0.39, 0.29) is 0 Å². The molecule has 3 heteroatoms. The second-order valence-electron chi connectivity index (χ2n) is 1.10. The van der Waals surface area contributed by atoms with Gasteiger partial charge in [-0.3, -0.25) is 4.99 Å².